The summed E-state index contributed by atoms with van der Waals surface area (Å²) in [6, 6.07) is 2.28. The van der Waals surface area contributed by atoms with Crippen molar-refractivity contribution in [3.63, 3.8) is 0 Å². The molecule has 0 radical (unpaired) electrons. The number of urea groups is 1. The highest BCUT2D eigenvalue weighted by Gasteiger charge is 2.42. The summed E-state index contributed by atoms with van der Waals surface area (Å²) < 4.78 is 6.13. The maximum absolute atomic E-state index is 11.8. The molecule has 5 heteroatoms. The number of thiophene rings is 1. The Morgan fingerprint density at radius 1 is 1.53 bits per heavy atom. The molecule has 3 heterocycles. The Kier molecular flexibility index (Phi) is 3.50. The highest BCUT2D eigenvalue weighted by molar-refractivity contribution is 7.10. The minimum atomic E-state index is -0.120. The molecule has 1 aromatic heterocycles. The van der Waals surface area contributed by atoms with Gasteiger partial charge in [-0.15, -0.1) is 11.3 Å². The van der Waals surface area contributed by atoms with Crippen molar-refractivity contribution in [1.82, 2.24) is 10.2 Å². The van der Waals surface area contributed by atoms with Gasteiger partial charge in [0.05, 0.1) is 6.61 Å². The summed E-state index contributed by atoms with van der Waals surface area (Å²) in [5.41, 5.74) is 1.33. The largest absolute Gasteiger partial charge is 0.369 e. The van der Waals surface area contributed by atoms with Crippen LogP contribution in [0, 0.1) is 0 Å². The van der Waals surface area contributed by atoms with Gasteiger partial charge in [-0.2, -0.15) is 0 Å². The highest BCUT2D eigenvalue weighted by Crippen LogP contribution is 2.44. The van der Waals surface area contributed by atoms with Crippen LogP contribution in [0.4, 0.5) is 4.79 Å². The molecule has 3 rings (SSSR count). The van der Waals surface area contributed by atoms with Crippen LogP contribution in [0.3, 0.4) is 0 Å². The maximum atomic E-state index is 11.8. The third kappa shape index (κ3) is 2.25. The van der Waals surface area contributed by atoms with Gasteiger partial charge in [0.1, 0.15) is 5.60 Å². The van der Waals surface area contributed by atoms with E-state index >= 15 is 0 Å². The van der Waals surface area contributed by atoms with Crippen molar-refractivity contribution < 1.29 is 9.53 Å². The number of ether oxygens (including phenoxy) is 1. The Labute approximate surface area is 117 Å². The van der Waals surface area contributed by atoms with Crippen LogP contribution in [0.25, 0.3) is 0 Å². The first-order chi connectivity index (χ1) is 9.25. The van der Waals surface area contributed by atoms with Gasteiger partial charge in [0.15, 0.2) is 0 Å². The minimum absolute atomic E-state index is 0.0552. The Bertz CT molecular complexity index is 464. The fourth-order valence-electron chi connectivity index (χ4n) is 3.06. The van der Waals surface area contributed by atoms with Crippen LogP contribution >= 0.6 is 11.3 Å². The van der Waals surface area contributed by atoms with Crippen molar-refractivity contribution >= 4 is 17.4 Å². The molecule has 0 unspecified atom stereocenters. The fraction of sp³-hybridized carbons (Fsp3) is 0.643. The van der Waals surface area contributed by atoms with E-state index in [9.17, 15) is 4.79 Å². The average molecular weight is 280 g/mol. The number of fused-ring (bicyclic) bond motifs is 2. The van der Waals surface area contributed by atoms with Crippen LogP contribution in [-0.4, -0.2) is 37.2 Å². The van der Waals surface area contributed by atoms with E-state index in [2.05, 4.69) is 16.8 Å². The number of likely N-dealkylation sites (tertiary alicyclic amines) is 1. The predicted octanol–water partition coefficient (Wildman–Crippen LogP) is 2.34. The molecule has 2 aliphatic heterocycles. The van der Waals surface area contributed by atoms with Crippen molar-refractivity contribution in [2.24, 2.45) is 0 Å². The lowest BCUT2D eigenvalue weighted by Gasteiger charge is -2.43. The van der Waals surface area contributed by atoms with E-state index in [1.807, 2.05) is 11.8 Å². The molecule has 0 saturated carbocycles. The van der Waals surface area contributed by atoms with E-state index < -0.39 is 0 Å². The molecule has 2 aliphatic rings. The standard InChI is InChI=1S/C14H20N2O2S/c1-2-15-13(17)16-7-5-14(6-8-16)12-11(3-9-18-14)4-10-19-12/h4,10H,2-3,5-9H2,1H3,(H,15,17). The van der Waals surface area contributed by atoms with Gasteiger partial charge in [0.25, 0.3) is 0 Å². The number of hydrogen-bond acceptors (Lipinski definition) is 3. The predicted molar refractivity (Wildman–Crippen MR) is 75.5 cm³/mol. The third-order valence-electron chi connectivity index (χ3n) is 4.10. The molecular weight excluding hydrogens is 260 g/mol. The molecule has 4 nitrogen and oxygen atoms in total. The van der Waals surface area contributed by atoms with Gasteiger partial charge in [-0.3, -0.25) is 0 Å². The Morgan fingerprint density at radius 3 is 3.05 bits per heavy atom. The van der Waals surface area contributed by atoms with Crippen molar-refractivity contribution in [2.45, 2.75) is 31.8 Å². The molecular formula is C14H20N2O2S. The van der Waals surface area contributed by atoms with Crippen molar-refractivity contribution in [2.75, 3.05) is 26.2 Å². The second-order valence-electron chi connectivity index (χ2n) is 5.19. The molecule has 1 N–H and O–H groups in total. The zero-order valence-electron chi connectivity index (χ0n) is 11.3. The smallest absolute Gasteiger partial charge is 0.317 e. The molecule has 1 spiro atoms. The quantitative estimate of drug-likeness (QED) is 0.858. The topological polar surface area (TPSA) is 41.6 Å². The average Bonchev–Trinajstić information content (AvgIpc) is 2.90. The summed E-state index contributed by atoms with van der Waals surface area (Å²) in [4.78, 5) is 15.1. The molecule has 1 fully saturated rings. The second kappa shape index (κ2) is 5.13. The summed E-state index contributed by atoms with van der Waals surface area (Å²) in [6.45, 7) is 5.01. The van der Waals surface area contributed by atoms with Gasteiger partial charge in [0.2, 0.25) is 0 Å². The number of carbonyl (C=O) groups excluding carboxylic acids is 1. The lowest BCUT2D eigenvalue weighted by molar-refractivity contribution is -0.0896. The number of nitrogens with zero attached hydrogens (tertiary/aromatic N) is 1. The molecule has 104 valence electrons. The summed E-state index contributed by atoms with van der Waals surface area (Å²) in [5, 5.41) is 5.03. The second-order valence-corrected chi connectivity index (χ2v) is 6.11. The number of piperidine rings is 1. The van der Waals surface area contributed by atoms with Gasteiger partial charge in [-0.05, 0) is 43.2 Å². The van der Waals surface area contributed by atoms with Crippen molar-refractivity contribution in [3.05, 3.63) is 21.9 Å². The van der Waals surface area contributed by atoms with E-state index in [0.29, 0.717) is 6.54 Å². The van der Waals surface area contributed by atoms with Crippen LogP contribution in [-0.2, 0) is 16.8 Å². The summed E-state index contributed by atoms with van der Waals surface area (Å²) in [7, 11) is 0. The minimum Gasteiger partial charge on any atom is -0.369 e. The Balaban J connectivity index is 1.72. The first kappa shape index (κ1) is 12.9. The zero-order chi connectivity index (χ0) is 13.3. The Morgan fingerprint density at radius 2 is 2.32 bits per heavy atom. The fourth-order valence-corrected chi connectivity index (χ4v) is 4.23. The van der Waals surface area contributed by atoms with E-state index in [4.69, 9.17) is 4.74 Å². The van der Waals surface area contributed by atoms with Gasteiger partial charge in [0, 0.05) is 24.5 Å². The number of carbonyl (C=O) groups is 1. The van der Waals surface area contributed by atoms with Gasteiger partial charge in [-0.1, -0.05) is 0 Å². The number of hydrogen-bond donors (Lipinski definition) is 1. The summed E-state index contributed by atoms with van der Waals surface area (Å²) >= 11 is 1.81. The normalized spacial score (nSPS) is 21.2. The summed E-state index contributed by atoms with van der Waals surface area (Å²) in [6.07, 6.45) is 2.86. The van der Waals surface area contributed by atoms with Crippen LogP contribution in [0.2, 0.25) is 0 Å². The van der Waals surface area contributed by atoms with Crippen LogP contribution in [0.15, 0.2) is 11.4 Å². The van der Waals surface area contributed by atoms with Crippen molar-refractivity contribution in [3.8, 4) is 0 Å². The summed E-state index contributed by atoms with van der Waals surface area (Å²) in [5.74, 6) is 0. The first-order valence-corrected chi connectivity index (χ1v) is 7.87. The zero-order valence-corrected chi connectivity index (χ0v) is 12.1. The molecule has 1 saturated heterocycles. The van der Waals surface area contributed by atoms with E-state index in [1.54, 1.807) is 11.3 Å². The number of nitrogens with one attached hydrogen (secondary N) is 1. The number of amides is 2. The van der Waals surface area contributed by atoms with Crippen LogP contribution < -0.4 is 5.32 Å². The first-order valence-electron chi connectivity index (χ1n) is 6.99. The molecule has 2 amide bonds. The lowest BCUT2D eigenvalue weighted by Crippen LogP contribution is -2.50. The van der Waals surface area contributed by atoms with E-state index in [-0.39, 0.29) is 11.6 Å². The number of rotatable bonds is 1. The van der Waals surface area contributed by atoms with Gasteiger partial charge in [-0.25, -0.2) is 4.79 Å². The SMILES string of the molecule is CCNC(=O)N1CCC2(CC1)OCCc1ccsc12. The highest BCUT2D eigenvalue weighted by atomic mass is 32.1. The van der Waals surface area contributed by atoms with E-state index in [1.165, 1.54) is 10.4 Å². The monoisotopic (exact) mass is 280 g/mol. The molecule has 1 aromatic rings. The third-order valence-corrected chi connectivity index (χ3v) is 5.24. The lowest BCUT2D eigenvalue weighted by atomic mass is 9.85. The molecule has 0 aromatic carbocycles. The van der Waals surface area contributed by atoms with E-state index in [0.717, 1.165) is 39.0 Å². The van der Waals surface area contributed by atoms with Gasteiger partial charge >= 0.3 is 6.03 Å². The van der Waals surface area contributed by atoms with Crippen molar-refractivity contribution in [1.29, 1.82) is 0 Å². The maximum Gasteiger partial charge on any atom is 0.317 e. The Hall–Kier alpha value is -1.07. The van der Waals surface area contributed by atoms with Crippen LogP contribution in [0.1, 0.15) is 30.2 Å². The molecule has 0 bridgehead atoms. The molecule has 0 aliphatic carbocycles. The molecule has 19 heavy (non-hydrogen) atoms. The van der Waals surface area contributed by atoms with Gasteiger partial charge < -0.3 is 15.0 Å². The molecule has 0 atom stereocenters. The van der Waals surface area contributed by atoms with Crippen LogP contribution in [0.5, 0.6) is 0 Å².